The van der Waals surface area contributed by atoms with E-state index in [1.165, 1.54) is 4.90 Å². The second kappa shape index (κ2) is 31.4. The zero-order chi connectivity index (χ0) is 53.4. The third-order valence-electron chi connectivity index (χ3n) is 11.5. The van der Waals surface area contributed by atoms with Gasteiger partial charge in [-0.25, -0.2) is 0 Å². The zero-order valence-corrected chi connectivity index (χ0v) is 42.5. The molecule has 0 aromatic heterocycles. The number of thiol groups is 2. The number of hydrogen-bond acceptors (Lipinski definition) is 15. The molecule has 11 amide bonds. The van der Waals surface area contributed by atoms with Crippen LogP contribution in [0.5, 0.6) is 0 Å². The van der Waals surface area contributed by atoms with Crippen LogP contribution in [0, 0.1) is 5.92 Å². The molecule has 1 aromatic rings. The molecule has 0 bridgehead atoms. The third-order valence-corrected chi connectivity index (χ3v) is 12.3. The largest absolute Gasteiger partial charge is 0.370 e. The van der Waals surface area contributed by atoms with E-state index in [1.807, 2.05) is 13.8 Å². The molecule has 1 heterocycles. The van der Waals surface area contributed by atoms with Crippen LogP contribution in [0.2, 0.25) is 0 Å². The Morgan fingerprint density at radius 3 is 1.85 bits per heavy atom. The van der Waals surface area contributed by atoms with E-state index in [0.29, 0.717) is 31.4 Å². The zero-order valence-electron chi connectivity index (χ0n) is 40.7. The number of carbonyl (C=O) groups excluding carboxylic acids is 11. The van der Waals surface area contributed by atoms with E-state index in [9.17, 15) is 52.7 Å². The number of likely N-dealkylation sites (tertiary alicyclic amines) is 1. The number of nitrogens with two attached hydrogens (primary N) is 4. The number of nitrogens with zero attached hydrogens (tertiary/aromatic N) is 1. The molecule has 24 nitrogen and oxygen atoms in total. The van der Waals surface area contributed by atoms with E-state index in [2.05, 4.69) is 67.8 Å². The predicted octanol–water partition coefficient (Wildman–Crippen LogP) is -4.12. The summed E-state index contributed by atoms with van der Waals surface area (Å²) >= 11 is 8.32. The van der Waals surface area contributed by atoms with Gasteiger partial charge in [-0.15, -0.1) is 0 Å². The van der Waals surface area contributed by atoms with Gasteiger partial charge in [0.2, 0.25) is 65.0 Å². The Labute approximate surface area is 424 Å². The SMILES string of the molecule is CC[C@H](C)[C@H](NC(=O)[C@H](Cc1ccccc1)NC(=O)[C@@H](N)CS)C(=O)N[C@@H](CCC(N)=O)C(=O)N[C@@H](CC(N)=O)C(=O)N[C@@H](CS)C(=O)N1CCC[C@H]1C(=O)N[C@@H](CCCNC(C)C)C(=O)NCC(N)=O. The number of primary amides is 3. The second-order valence-electron chi connectivity index (χ2n) is 17.6. The van der Waals surface area contributed by atoms with Crippen molar-refractivity contribution in [3.05, 3.63) is 35.9 Å². The minimum Gasteiger partial charge on any atom is -0.370 e. The van der Waals surface area contributed by atoms with Crippen LogP contribution in [0.3, 0.4) is 0 Å². The van der Waals surface area contributed by atoms with Crippen LogP contribution in [0.15, 0.2) is 30.3 Å². The first-order valence-electron chi connectivity index (χ1n) is 23.5. The van der Waals surface area contributed by atoms with Crippen LogP contribution >= 0.6 is 25.3 Å². The molecule has 26 heteroatoms. The first-order chi connectivity index (χ1) is 33.5. The molecule has 0 radical (unpaired) electrons. The highest BCUT2D eigenvalue weighted by Gasteiger charge is 2.40. The van der Waals surface area contributed by atoms with E-state index in [-0.39, 0.29) is 43.4 Å². The smallest absolute Gasteiger partial charge is 0.246 e. The van der Waals surface area contributed by atoms with Gasteiger partial charge in [0.15, 0.2) is 0 Å². The maximum atomic E-state index is 14.1. The molecule has 9 atom stereocenters. The predicted molar refractivity (Wildman–Crippen MR) is 268 cm³/mol. The van der Waals surface area contributed by atoms with Crippen LogP contribution in [-0.2, 0) is 59.2 Å². The second-order valence-corrected chi connectivity index (χ2v) is 18.4. The van der Waals surface area contributed by atoms with Crippen molar-refractivity contribution in [2.24, 2.45) is 28.9 Å². The van der Waals surface area contributed by atoms with Gasteiger partial charge in [0.1, 0.15) is 42.3 Å². The molecule has 1 aliphatic rings. The number of rotatable bonds is 32. The molecular formula is C45H73N13O11S2. The fourth-order valence-electron chi connectivity index (χ4n) is 7.37. The van der Waals surface area contributed by atoms with Crippen LogP contribution in [-0.4, -0.2) is 155 Å². The van der Waals surface area contributed by atoms with Gasteiger partial charge in [0.05, 0.1) is 19.0 Å². The number of hydrogen-bond donors (Lipinski definition) is 14. The fraction of sp³-hybridized carbons (Fsp3) is 0.622. The molecule has 0 aliphatic carbocycles. The molecule has 396 valence electrons. The lowest BCUT2D eigenvalue weighted by Gasteiger charge is -2.30. The maximum absolute atomic E-state index is 14.1. The lowest BCUT2D eigenvalue weighted by molar-refractivity contribution is -0.142. The Morgan fingerprint density at radius 2 is 1.27 bits per heavy atom. The van der Waals surface area contributed by atoms with Crippen LogP contribution in [0.25, 0.3) is 0 Å². The van der Waals surface area contributed by atoms with Crippen LogP contribution < -0.4 is 65.5 Å². The van der Waals surface area contributed by atoms with Gasteiger partial charge in [-0.3, -0.25) is 52.7 Å². The summed E-state index contributed by atoms with van der Waals surface area (Å²) in [4.78, 5) is 146. The summed E-state index contributed by atoms with van der Waals surface area (Å²) < 4.78 is 0. The average molecular weight is 1040 g/mol. The number of amides is 11. The molecule has 1 aromatic carbocycles. The highest BCUT2D eigenvalue weighted by atomic mass is 32.1. The summed E-state index contributed by atoms with van der Waals surface area (Å²) in [5.74, 6) is -10.1. The maximum Gasteiger partial charge on any atom is 0.246 e. The van der Waals surface area contributed by atoms with Crippen molar-refractivity contribution in [3.8, 4) is 0 Å². The lowest BCUT2D eigenvalue weighted by atomic mass is 9.96. The summed E-state index contributed by atoms with van der Waals surface area (Å²) in [5.41, 5.74) is 22.6. The molecule has 1 aliphatic heterocycles. The number of carbonyl (C=O) groups is 11. The fourth-order valence-corrected chi connectivity index (χ4v) is 7.78. The van der Waals surface area contributed by atoms with Gasteiger partial charge in [-0.05, 0) is 50.1 Å². The normalized spacial score (nSPS) is 16.6. The third kappa shape index (κ3) is 21.5. The Balaban J connectivity index is 2.33. The molecule has 1 fully saturated rings. The van der Waals surface area contributed by atoms with Crippen molar-refractivity contribution < 1.29 is 52.7 Å². The Kier molecular flexibility index (Phi) is 27.0. The molecule has 0 saturated carbocycles. The average Bonchev–Trinajstić information content (AvgIpc) is 3.83. The summed E-state index contributed by atoms with van der Waals surface area (Å²) in [6.45, 7) is 7.44. The van der Waals surface area contributed by atoms with Crippen LogP contribution in [0.1, 0.15) is 84.6 Å². The highest BCUT2D eigenvalue weighted by molar-refractivity contribution is 7.80. The van der Waals surface area contributed by atoms with Gasteiger partial charge >= 0.3 is 0 Å². The van der Waals surface area contributed by atoms with Crippen molar-refractivity contribution in [1.29, 1.82) is 0 Å². The molecule has 2 rings (SSSR count). The van der Waals surface area contributed by atoms with Crippen molar-refractivity contribution in [2.75, 3.05) is 31.1 Å². The summed E-state index contributed by atoms with van der Waals surface area (Å²) in [5, 5.41) is 20.9. The van der Waals surface area contributed by atoms with Crippen molar-refractivity contribution in [3.63, 3.8) is 0 Å². The molecule has 16 N–H and O–H groups in total. The molecule has 71 heavy (non-hydrogen) atoms. The van der Waals surface area contributed by atoms with E-state index >= 15 is 0 Å². The molecular weight excluding hydrogens is 963 g/mol. The number of nitrogens with one attached hydrogen (secondary N) is 8. The van der Waals surface area contributed by atoms with E-state index in [1.54, 1.807) is 44.2 Å². The van der Waals surface area contributed by atoms with Crippen molar-refractivity contribution >= 4 is 90.2 Å². The molecule has 0 spiro atoms. The van der Waals surface area contributed by atoms with E-state index in [0.717, 1.165) is 0 Å². The standard InChI is InChI=1S/C45H73N13O11S2/c1-5-25(4)37(57-42(66)30(54-38(62)27(46)22-70)19-26-11-7-6-8-12-26)44(68)53-29(15-16-34(47)59)40(64)55-31(20-35(48)60)41(65)56-32(23-71)45(69)58-18-10-14-33(58)43(67)52-28(13-9-17-50-24(2)3)39(63)51-21-36(49)61/h6-8,11-12,24-25,27-33,37,50,70-71H,5,9-10,13-23,46H2,1-4H3,(H2,47,59)(H2,48,60)(H2,49,61)(H,51,63)(H,52,67)(H,53,68)(H,54,62)(H,55,64)(H,56,65)(H,57,66)/t25-,27-,28-,29-,30-,31-,32-,33-,37-/m0/s1. The van der Waals surface area contributed by atoms with Gasteiger partial charge in [-0.1, -0.05) is 64.4 Å². The van der Waals surface area contributed by atoms with Gasteiger partial charge in [-0.2, -0.15) is 25.3 Å². The Hall–Kier alpha value is -5.99. The quantitative estimate of drug-likeness (QED) is 0.0241. The first-order valence-corrected chi connectivity index (χ1v) is 24.8. The minimum atomic E-state index is -1.75. The topological polar surface area (TPSA) is 391 Å². The summed E-state index contributed by atoms with van der Waals surface area (Å²) in [6, 6.07) is -1.57. The van der Waals surface area contributed by atoms with Crippen molar-refractivity contribution in [1.82, 2.24) is 47.4 Å². The lowest BCUT2D eigenvalue weighted by Crippen LogP contribution is -2.61. The van der Waals surface area contributed by atoms with Gasteiger partial charge in [0.25, 0.3) is 0 Å². The molecule has 1 saturated heterocycles. The van der Waals surface area contributed by atoms with Crippen LogP contribution in [0.4, 0.5) is 0 Å². The van der Waals surface area contributed by atoms with Gasteiger partial charge < -0.3 is 70.4 Å². The Morgan fingerprint density at radius 1 is 0.676 bits per heavy atom. The molecule has 0 unspecified atom stereocenters. The van der Waals surface area contributed by atoms with E-state index in [4.69, 9.17) is 22.9 Å². The highest BCUT2D eigenvalue weighted by Crippen LogP contribution is 2.20. The monoisotopic (exact) mass is 1040 g/mol. The number of benzene rings is 1. The Bertz CT molecular complexity index is 2020. The first kappa shape index (κ1) is 61.1. The summed E-state index contributed by atoms with van der Waals surface area (Å²) in [6.07, 6.45) is -0.0238. The van der Waals surface area contributed by atoms with Gasteiger partial charge in [0, 0.05) is 36.9 Å². The van der Waals surface area contributed by atoms with E-state index < -0.39 is 145 Å². The minimum absolute atomic E-state index is 0.0161. The van der Waals surface area contributed by atoms with Crippen molar-refractivity contribution in [2.45, 2.75) is 140 Å². The summed E-state index contributed by atoms with van der Waals surface area (Å²) in [7, 11) is 0.